The Bertz CT molecular complexity index is 1970. The number of thiocyanates is 2. The first-order valence-corrected chi connectivity index (χ1v) is 22.1. The first kappa shape index (κ1) is 54.0. The van der Waals surface area contributed by atoms with E-state index in [4.69, 9.17) is 31.9 Å². The number of carboxylic acid groups (broad SMARTS) is 4. The van der Waals surface area contributed by atoms with Gasteiger partial charge in [0.15, 0.2) is 0 Å². The van der Waals surface area contributed by atoms with Crippen molar-refractivity contribution in [2.24, 2.45) is 11.5 Å². The van der Waals surface area contributed by atoms with Crippen LogP contribution in [0.15, 0.2) is 34.8 Å². The Labute approximate surface area is 380 Å². The Kier molecular flexibility index (Phi) is 24.1. The van der Waals surface area contributed by atoms with Crippen LogP contribution in [0.3, 0.4) is 0 Å². The average Bonchev–Trinajstić information content (AvgIpc) is 3.25. The molecule has 2 rings (SSSR count). The first-order valence-electron chi connectivity index (χ1n) is 18.4. The van der Waals surface area contributed by atoms with Gasteiger partial charge in [0, 0.05) is 85.5 Å². The summed E-state index contributed by atoms with van der Waals surface area (Å²) in [5.41, 5.74) is 11.2. The van der Waals surface area contributed by atoms with Gasteiger partial charge in [-0.2, -0.15) is 10.5 Å². The van der Waals surface area contributed by atoms with Gasteiger partial charge < -0.3 is 53.2 Å². The molecule has 4 amide bonds. The van der Waals surface area contributed by atoms with Gasteiger partial charge in [0.05, 0.1) is 21.9 Å². The third-order valence-electron chi connectivity index (χ3n) is 8.16. The minimum atomic E-state index is -1.45. The van der Waals surface area contributed by atoms with Crippen LogP contribution in [0.4, 0.5) is 0 Å². The van der Waals surface area contributed by atoms with E-state index in [2.05, 4.69) is 41.2 Å². The number of ketones is 1. The molecule has 0 saturated carbocycles. The number of amides is 4. The van der Waals surface area contributed by atoms with E-state index in [1.165, 1.54) is 24.8 Å². The van der Waals surface area contributed by atoms with Gasteiger partial charge in [-0.1, -0.05) is 0 Å². The van der Waals surface area contributed by atoms with Crippen molar-refractivity contribution in [3.8, 4) is 10.8 Å². The van der Waals surface area contributed by atoms with E-state index in [1.54, 1.807) is 0 Å². The Balaban J connectivity index is 2.52. The van der Waals surface area contributed by atoms with Crippen molar-refractivity contribution in [1.29, 1.82) is 10.5 Å². The molecule has 0 aliphatic carbocycles. The van der Waals surface area contributed by atoms with Crippen molar-refractivity contribution < 1.29 is 63.6 Å². The van der Waals surface area contributed by atoms with Crippen molar-refractivity contribution in [3.63, 3.8) is 0 Å². The zero-order chi connectivity index (χ0) is 47.8. The molecule has 25 nitrogen and oxygen atoms in total. The summed E-state index contributed by atoms with van der Waals surface area (Å²) in [6.07, 6.45) is 2.87. The average molecular weight is 967 g/mol. The number of thioether (sulfide) groups is 4. The predicted molar refractivity (Wildman–Crippen MR) is 226 cm³/mol. The lowest BCUT2D eigenvalue weighted by molar-refractivity contribution is -0.140. The number of hydrogen-bond acceptors (Lipinski definition) is 21. The largest absolute Gasteiger partial charge is 0.480 e. The maximum Gasteiger partial charge on any atom is 0.322 e. The van der Waals surface area contributed by atoms with Gasteiger partial charge in [-0.25, -0.2) is 9.97 Å². The topological polar surface area (TPSA) is 434 Å². The molecule has 12 N–H and O–H groups in total. The van der Waals surface area contributed by atoms with Gasteiger partial charge in [0.1, 0.15) is 63.9 Å². The Morgan fingerprint density at radius 1 is 0.609 bits per heavy atom. The summed E-state index contributed by atoms with van der Waals surface area (Å²) in [5, 5.41) is 66.5. The summed E-state index contributed by atoms with van der Waals surface area (Å²) in [7, 11) is 0. The molecule has 2 aromatic heterocycles. The molecule has 0 aliphatic rings. The van der Waals surface area contributed by atoms with Crippen LogP contribution in [0.1, 0.15) is 60.4 Å². The molecular formula is C35H42N12O13S4. The smallest absolute Gasteiger partial charge is 0.322 e. The van der Waals surface area contributed by atoms with Crippen LogP contribution < -0.4 is 32.7 Å². The molecule has 29 heteroatoms. The Hall–Kier alpha value is -6.11. The number of Topliss-reactive ketones (excluding diaryl/α,β-unsaturated/α-hetero) is 1. The molecular weight excluding hydrogens is 925 g/mol. The predicted octanol–water partition coefficient (Wildman–Crippen LogP) is -1.23. The summed E-state index contributed by atoms with van der Waals surface area (Å²) < 4.78 is 0. The quantitative estimate of drug-likeness (QED) is 0.0323. The summed E-state index contributed by atoms with van der Waals surface area (Å²) >= 11 is 3.03. The SMILES string of the molecule is N#CSc1nccnc1C(CC(=O)CC(SC[C@H](NC(=O)CC[C@H](N)C(=O)O)C(=O)NCC(=O)O)c1nccnc1SC#N)SC[C@H](NC(=O)CC[C@@H](N)C(=O)O)C(=O)NCC(=O)O. The van der Waals surface area contributed by atoms with E-state index in [0.717, 1.165) is 23.5 Å². The normalized spacial score (nSPS) is 13.5. The Morgan fingerprint density at radius 3 is 1.30 bits per heavy atom. The minimum Gasteiger partial charge on any atom is -0.480 e. The zero-order valence-electron chi connectivity index (χ0n) is 33.3. The Morgan fingerprint density at radius 2 is 0.969 bits per heavy atom. The molecule has 2 unspecified atom stereocenters. The second-order valence-electron chi connectivity index (χ2n) is 12.9. The molecule has 0 aromatic carbocycles. The van der Waals surface area contributed by atoms with Crippen molar-refractivity contribution in [2.45, 2.75) is 83.2 Å². The van der Waals surface area contributed by atoms with Gasteiger partial charge in [-0.3, -0.25) is 53.1 Å². The van der Waals surface area contributed by atoms with E-state index in [1.807, 2.05) is 10.8 Å². The van der Waals surface area contributed by atoms with Crippen LogP contribution in [0, 0.1) is 21.3 Å². The third-order valence-corrected chi connectivity index (χ3v) is 12.0. The zero-order valence-corrected chi connectivity index (χ0v) is 36.5. The van der Waals surface area contributed by atoms with E-state index in [-0.39, 0.29) is 45.8 Å². The van der Waals surface area contributed by atoms with Crippen molar-refractivity contribution in [2.75, 3.05) is 24.6 Å². The molecule has 64 heavy (non-hydrogen) atoms. The molecule has 6 atom stereocenters. The highest BCUT2D eigenvalue weighted by Gasteiger charge is 2.32. The number of carbonyl (C=O) groups is 9. The van der Waals surface area contributed by atoms with Crippen LogP contribution >= 0.6 is 47.0 Å². The van der Waals surface area contributed by atoms with E-state index in [9.17, 15) is 53.7 Å². The standard InChI is InChI=1S/C35H42N12O13S4/c36-15-63-32-28(40-5-7-42-32)22(61-13-20(30(55)44-11-26(51)52)46-24(49)3-1-18(38)34(57)58)9-17(48)10-23(29-33(64-16-37)43-8-6-41-29)62-14-21(31(56)45-12-27(53)54)47-25(50)4-2-19(39)35(59)60/h5-8,18-23H,1-4,9-14,38-39H2,(H,44,55)(H,45,56)(H,46,49)(H,47,50)(H,51,52)(H,53,54)(H,57,58)(H,59,60)/t18-,19+,20-,21-,22?,23?/m0/s1. The second kappa shape index (κ2) is 28.6. The lowest BCUT2D eigenvalue weighted by Gasteiger charge is -2.24. The molecule has 0 fully saturated rings. The van der Waals surface area contributed by atoms with Crippen LogP contribution in [-0.2, 0) is 43.2 Å². The summed E-state index contributed by atoms with van der Waals surface area (Å²) in [6.45, 7) is -1.65. The number of carboxylic acids is 4. The number of rotatable bonds is 30. The lowest BCUT2D eigenvalue weighted by Crippen LogP contribution is -2.49. The van der Waals surface area contributed by atoms with Gasteiger partial charge in [0.2, 0.25) is 23.6 Å². The highest BCUT2D eigenvalue weighted by atomic mass is 32.2. The minimum absolute atomic E-state index is 0.0803. The molecule has 0 saturated heterocycles. The number of nitrogens with zero attached hydrogens (tertiary/aromatic N) is 6. The summed E-state index contributed by atoms with van der Waals surface area (Å²) in [5.74, 6) is -10.2. The number of nitrogens with two attached hydrogens (primary N) is 2. The first-order chi connectivity index (χ1) is 30.4. The highest BCUT2D eigenvalue weighted by molar-refractivity contribution is 8.04. The number of nitrogens with one attached hydrogen (secondary N) is 4. The number of nitriles is 2. The van der Waals surface area contributed by atoms with Crippen LogP contribution in [0.5, 0.6) is 0 Å². The number of hydrogen-bond donors (Lipinski definition) is 10. The molecule has 0 spiro atoms. The maximum atomic E-state index is 14.2. The van der Waals surface area contributed by atoms with Crippen LogP contribution in [-0.4, -0.2) is 142 Å². The number of carbonyl (C=O) groups excluding carboxylic acids is 5. The third kappa shape index (κ3) is 19.9. The van der Waals surface area contributed by atoms with Gasteiger partial charge in [0.25, 0.3) is 0 Å². The van der Waals surface area contributed by atoms with Gasteiger partial charge in [-0.05, 0) is 12.8 Å². The van der Waals surface area contributed by atoms with Crippen molar-refractivity contribution in [1.82, 2.24) is 41.2 Å². The molecule has 0 aliphatic heterocycles. The van der Waals surface area contributed by atoms with E-state index < -0.39 is 127 Å². The van der Waals surface area contributed by atoms with Crippen molar-refractivity contribution in [3.05, 3.63) is 36.2 Å². The monoisotopic (exact) mass is 966 g/mol. The van der Waals surface area contributed by atoms with E-state index in [0.29, 0.717) is 23.5 Å². The van der Waals surface area contributed by atoms with Gasteiger partial charge >= 0.3 is 23.9 Å². The molecule has 0 bridgehead atoms. The maximum absolute atomic E-state index is 14.2. The molecule has 2 heterocycles. The number of aromatic nitrogens is 4. The van der Waals surface area contributed by atoms with E-state index >= 15 is 0 Å². The second-order valence-corrected chi connectivity index (χ2v) is 16.9. The van der Waals surface area contributed by atoms with Crippen LogP contribution in [0.25, 0.3) is 0 Å². The summed E-state index contributed by atoms with van der Waals surface area (Å²) in [4.78, 5) is 128. The fourth-order valence-corrected chi connectivity index (χ4v) is 8.77. The summed E-state index contributed by atoms with van der Waals surface area (Å²) in [6, 6.07) is -5.69. The van der Waals surface area contributed by atoms with Crippen LogP contribution in [0.2, 0.25) is 0 Å². The highest BCUT2D eigenvalue weighted by Crippen LogP contribution is 2.40. The molecule has 344 valence electrons. The number of aliphatic carboxylic acids is 4. The molecule has 2 aromatic rings. The van der Waals surface area contributed by atoms with Gasteiger partial charge in [-0.15, -0.1) is 23.5 Å². The lowest BCUT2D eigenvalue weighted by atomic mass is 10.1. The molecule has 0 radical (unpaired) electrons. The fourth-order valence-electron chi connectivity index (χ4n) is 5.04. The fraction of sp³-hybridized carbons (Fsp3) is 0.457. The van der Waals surface area contributed by atoms with Crippen molar-refractivity contribution >= 4 is 100 Å².